The van der Waals surface area contributed by atoms with Gasteiger partial charge in [0.05, 0.1) is 11.7 Å². The minimum atomic E-state index is -1.44. The number of aryl methyl sites for hydroxylation is 1. The Morgan fingerprint density at radius 3 is 2.79 bits per heavy atom. The minimum Gasteiger partial charge on any atom is -0.543 e. The van der Waals surface area contributed by atoms with Gasteiger partial charge in [0, 0.05) is 24.3 Å². The van der Waals surface area contributed by atoms with Gasteiger partial charge in [0.25, 0.3) is 5.91 Å². The molecule has 0 aliphatic carbocycles. The van der Waals surface area contributed by atoms with Crippen LogP contribution in [-0.4, -0.2) is 81.3 Å². The number of carbonyl (C=O) groups is 4. The van der Waals surface area contributed by atoms with Gasteiger partial charge < -0.3 is 15.2 Å². The summed E-state index contributed by atoms with van der Waals surface area (Å²) in [6.45, 7) is 0. The molecule has 1 aromatic heterocycles. The number of carboxylic acids is 1. The van der Waals surface area contributed by atoms with Gasteiger partial charge in [-0.05, 0) is 16.0 Å². The Kier molecular flexibility index (Phi) is 5.81. The van der Waals surface area contributed by atoms with Gasteiger partial charge in [-0.1, -0.05) is 35.3 Å². The number of nitrogens with one attached hydrogen (secondary N) is 1. The zero-order chi connectivity index (χ0) is 20.7. The quantitative estimate of drug-likeness (QED) is 0.385. The highest BCUT2D eigenvalue weighted by Crippen LogP contribution is 2.41. The van der Waals surface area contributed by atoms with Crippen LogP contribution in [0.3, 0.4) is 0 Å². The normalized spacial score (nSPS) is 26.4. The van der Waals surface area contributed by atoms with Crippen molar-refractivity contribution >= 4 is 69.3 Å². The largest absolute Gasteiger partial charge is 0.543 e. The average Bonchev–Trinajstić information content (AvgIpc) is 3.31. The average molecular weight is 474 g/mol. The SMILES string of the molecule is Cn1nnnc1SCC1=C(C(=O)[O-])N2C(=O)C(NC(=O)C3CSC(=O)S3)C2SC1. The van der Waals surface area contributed by atoms with Crippen molar-refractivity contribution in [2.45, 2.75) is 21.8 Å². The van der Waals surface area contributed by atoms with E-state index in [1.165, 1.54) is 33.1 Å². The van der Waals surface area contributed by atoms with Crippen LogP contribution in [0, 0.1) is 0 Å². The first kappa shape index (κ1) is 20.6. The Bertz CT molecular complexity index is 935. The second-order valence-electron chi connectivity index (χ2n) is 6.18. The number of tetrazole rings is 1. The van der Waals surface area contributed by atoms with Crippen LogP contribution in [0.15, 0.2) is 16.4 Å². The Hall–Kier alpha value is -1.71. The molecule has 0 radical (unpaired) electrons. The fourth-order valence-corrected chi connectivity index (χ4v) is 7.46. The van der Waals surface area contributed by atoms with Gasteiger partial charge in [-0.15, -0.1) is 16.9 Å². The third-order valence-electron chi connectivity index (χ3n) is 4.38. The number of nitrogens with zero attached hydrogens (tertiary/aromatic N) is 5. The molecule has 2 fully saturated rings. The third kappa shape index (κ3) is 3.87. The standard InChI is InChI=1S/C14H14N6O5S4/c1-19-13(16-17-18-19)27-3-5-2-26-11-7(10(22)20(11)8(5)12(23)24)15-9(21)6-4-28-14(25)29-6/h6-7,11H,2-4H2,1H3,(H,15,21)(H,23,24)/p-1. The first-order valence-electron chi connectivity index (χ1n) is 8.23. The molecule has 15 heteroatoms. The van der Waals surface area contributed by atoms with Crippen molar-refractivity contribution in [2.75, 3.05) is 17.3 Å². The van der Waals surface area contributed by atoms with Crippen LogP contribution in [0.25, 0.3) is 0 Å². The molecule has 29 heavy (non-hydrogen) atoms. The van der Waals surface area contributed by atoms with Crippen molar-refractivity contribution in [3.8, 4) is 0 Å². The number of aromatic nitrogens is 4. The number of aliphatic carboxylic acids is 1. The van der Waals surface area contributed by atoms with Gasteiger partial charge in [-0.2, -0.15) is 0 Å². The van der Waals surface area contributed by atoms with E-state index in [0.29, 0.717) is 22.2 Å². The van der Waals surface area contributed by atoms with E-state index in [2.05, 4.69) is 20.8 Å². The number of hydrogen-bond donors (Lipinski definition) is 1. The predicted octanol–water partition coefficient (Wildman–Crippen LogP) is -1.33. The number of carboxylic acid groups (broad SMARTS) is 1. The molecule has 3 aliphatic rings. The van der Waals surface area contributed by atoms with Crippen LogP contribution < -0.4 is 10.4 Å². The Morgan fingerprint density at radius 1 is 1.38 bits per heavy atom. The topological polar surface area (TPSA) is 150 Å². The Morgan fingerprint density at radius 2 is 2.17 bits per heavy atom. The highest BCUT2D eigenvalue weighted by molar-refractivity contribution is 8.41. The van der Waals surface area contributed by atoms with E-state index < -0.39 is 28.5 Å². The lowest BCUT2D eigenvalue weighted by Gasteiger charge is -2.51. The molecule has 0 aromatic carbocycles. The molecule has 3 unspecified atom stereocenters. The molecule has 0 saturated carbocycles. The summed E-state index contributed by atoms with van der Waals surface area (Å²) >= 11 is 4.64. The maximum Gasteiger partial charge on any atom is 0.253 e. The zero-order valence-electron chi connectivity index (χ0n) is 14.8. The number of hydrogen-bond acceptors (Lipinski definition) is 12. The van der Waals surface area contributed by atoms with Gasteiger partial charge in [-0.3, -0.25) is 19.3 Å². The van der Waals surface area contributed by atoms with E-state index in [1.54, 1.807) is 7.05 Å². The van der Waals surface area contributed by atoms with Gasteiger partial charge in [0.2, 0.25) is 15.5 Å². The number of rotatable bonds is 6. The van der Waals surface area contributed by atoms with E-state index >= 15 is 0 Å². The van der Waals surface area contributed by atoms with Crippen molar-refractivity contribution < 1.29 is 24.3 Å². The smallest absolute Gasteiger partial charge is 0.253 e. The van der Waals surface area contributed by atoms with Crippen LogP contribution >= 0.6 is 47.0 Å². The molecular formula is C14H13N6O5S4-. The summed E-state index contributed by atoms with van der Waals surface area (Å²) in [6, 6.07) is -0.819. The van der Waals surface area contributed by atoms with E-state index in [1.807, 2.05) is 0 Å². The van der Waals surface area contributed by atoms with E-state index in [9.17, 15) is 24.3 Å². The Balaban J connectivity index is 1.45. The van der Waals surface area contributed by atoms with Crippen LogP contribution in [0.4, 0.5) is 4.79 Å². The van der Waals surface area contributed by atoms with Crippen molar-refractivity contribution in [2.24, 2.45) is 7.05 Å². The molecule has 4 heterocycles. The molecule has 0 spiro atoms. The zero-order valence-corrected chi connectivity index (χ0v) is 18.0. The van der Waals surface area contributed by atoms with Crippen LogP contribution in [-0.2, 0) is 21.4 Å². The molecule has 2 amide bonds. The molecule has 1 N–H and O–H groups in total. The van der Waals surface area contributed by atoms with E-state index in [-0.39, 0.29) is 21.8 Å². The van der Waals surface area contributed by atoms with Crippen molar-refractivity contribution in [3.05, 3.63) is 11.3 Å². The molecule has 2 saturated heterocycles. The molecule has 0 bridgehead atoms. The second-order valence-corrected chi connectivity index (χ2v) is 10.7. The molecule has 11 nitrogen and oxygen atoms in total. The molecule has 4 rings (SSSR count). The summed E-state index contributed by atoms with van der Waals surface area (Å²) in [7, 11) is 1.67. The van der Waals surface area contributed by atoms with Gasteiger partial charge in [-0.25, -0.2) is 4.68 Å². The molecule has 3 atom stereocenters. The monoisotopic (exact) mass is 473 g/mol. The second kappa shape index (κ2) is 8.20. The highest BCUT2D eigenvalue weighted by atomic mass is 32.2. The summed E-state index contributed by atoms with van der Waals surface area (Å²) in [5, 5.41) is 24.9. The van der Waals surface area contributed by atoms with Gasteiger partial charge in [0.15, 0.2) is 0 Å². The van der Waals surface area contributed by atoms with Crippen molar-refractivity contribution in [3.63, 3.8) is 0 Å². The maximum absolute atomic E-state index is 12.6. The number of amides is 2. The summed E-state index contributed by atoms with van der Waals surface area (Å²) in [5.74, 6) is -1.30. The van der Waals surface area contributed by atoms with Crippen LogP contribution in [0.5, 0.6) is 0 Å². The molecule has 1 aromatic rings. The predicted molar refractivity (Wildman–Crippen MR) is 106 cm³/mol. The summed E-state index contributed by atoms with van der Waals surface area (Å²) in [5.41, 5.74) is 0.374. The van der Waals surface area contributed by atoms with Crippen molar-refractivity contribution in [1.29, 1.82) is 0 Å². The van der Waals surface area contributed by atoms with Crippen molar-refractivity contribution in [1.82, 2.24) is 30.4 Å². The maximum atomic E-state index is 12.6. The first-order chi connectivity index (χ1) is 13.9. The van der Waals surface area contributed by atoms with Gasteiger partial charge in [0.1, 0.15) is 16.7 Å². The van der Waals surface area contributed by atoms with Gasteiger partial charge >= 0.3 is 0 Å². The molecule has 3 aliphatic heterocycles. The number of fused-ring (bicyclic) bond motifs is 1. The lowest BCUT2D eigenvalue weighted by Crippen LogP contribution is -2.71. The highest BCUT2D eigenvalue weighted by Gasteiger charge is 2.53. The number of carbonyl (C=O) groups excluding carboxylic acids is 4. The third-order valence-corrected chi connectivity index (χ3v) is 9.26. The van der Waals surface area contributed by atoms with E-state index in [0.717, 1.165) is 23.5 Å². The number of thioether (sulfide) groups is 4. The summed E-state index contributed by atoms with van der Waals surface area (Å²) < 4.78 is 1.34. The fourth-order valence-electron chi connectivity index (χ4n) is 2.98. The molecular weight excluding hydrogens is 460 g/mol. The van der Waals surface area contributed by atoms with Crippen LogP contribution in [0.1, 0.15) is 0 Å². The lowest BCUT2D eigenvalue weighted by molar-refractivity contribution is -0.301. The van der Waals surface area contributed by atoms with Crippen LogP contribution in [0.2, 0.25) is 0 Å². The number of β-lactam (4-membered cyclic amide) rings is 1. The lowest BCUT2D eigenvalue weighted by atomic mass is 10.0. The molecule has 154 valence electrons. The Labute approximate surface area is 181 Å². The fraction of sp³-hybridized carbons (Fsp3) is 0.500. The summed E-state index contributed by atoms with van der Waals surface area (Å²) in [4.78, 5) is 49.2. The minimum absolute atomic E-state index is 0.124. The first-order valence-corrected chi connectivity index (χ1v) is 12.1. The van der Waals surface area contributed by atoms with E-state index in [4.69, 9.17) is 0 Å². The summed E-state index contributed by atoms with van der Waals surface area (Å²) in [6.07, 6.45) is 0.